The van der Waals surface area contributed by atoms with Gasteiger partial charge in [0.2, 0.25) is 0 Å². The van der Waals surface area contributed by atoms with Gasteiger partial charge in [-0.3, -0.25) is 4.68 Å². The Morgan fingerprint density at radius 2 is 1.80 bits per heavy atom. The van der Waals surface area contributed by atoms with Gasteiger partial charge in [0.25, 0.3) is 0 Å². The predicted octanol–water partition coefficient (Wildman–Crippen LogP) is 5.40. The fourth-order valence-electron chi connectivity index (χ4n) is 4.08. The summed E-state index contributed by atoms with van der Waals surface area (Å²) in [7, 11) is 1.59. The number of amidine groups is 1. The number of aromatic nitrogens is 2. The minimum atomic E-state index is -1.10. The molecule has 0 bridgehead atoms. The molecule has 7 nitrogen and oxygen atoms in total. The molecule has 0 amide bonds. The summed E-state index contributed by atoms with van der Waals surface area (Å²) in [5.74, 6) is -1.96. The Morgan fingerprint density at radius 1 is 1.09 bits per heavy atom. The number of methoxy groups -OCH3 is 1. The molecule has 2 N–H and O–H groups in total. The molecule has 3 aromatic carbocycles. The number of rotatable bonds is 5. The number of anilines is 1. The van der Waals surface area contributed by atoms with Crippen LogP contribution in [0.15, 0.2) is 65.7 Å². The second kappa shape index (κ2) is 8.68. The minimum absolute atomic E-state index is 0.0317. The largest absolute Gasteiger partial charge is 0.497 e. The summed E-state index contributed by atoms with van der Waals surface area (Å²) in [5, 5.41) is 17.2. The summed E-state index contributed by atoms with van der Waals surface area (Å²) in [6.45, 7) is 2.10. The number of ether oxygens (including phenoxy) is 1. The van der Waals surface area contributed by atoms with Crippen molar-refractivity contribution in [3.05, 3.63) is 94.7 Å². The van der Waals surface area contributed by atoms with Crippen molar-refractivity contribution in [3.63, 3.8) is 0 Å². The van der Waals surface area contributed by atoms with E-state index < -0.39 is 17.6 Å². The molecule has 35 heavy (non-hydrogen) atoms. The lowest BCUT2D eigenvalue weighted by atomic mass is 10.0. The van der Waals surface area contributed by atoms with Crippen molar-refractivity contribution in [3.8, 4) is 17.0 Å². The van der Waals surface area contributed by atoms with Crippen LogP contribution in [0.4, 0.5) is 20.2 Å². The van der Waals surface area contributed by atoms with Gasteiger partial charge >= 0.3 is 5.97 Å². The molecule has 9 heteroatoms. The number of carboxylic acids is 1. The zero-order valence-corrected chi connectivity index (χ0v) is 18.8. The Labute approximate surface area is 199 Å². The molecule has 0 saturated heterocycles. The van der Waals surface area contributed by atoms with Gasteiger partial charge in [-0.2, -0.15) is 5.10 Å². The third-order valence-electron chi connectivity index (χ3n) is 5.79. The highest BCUT2D eigenvalue weighted by Gasteiger charge is 2.27. The first-order chi connectivity index (χ1) is 16.9. The number of nitrogens with zero attached hydrogens (tertiary/aromatic N) is 3. The summed E-state index contributed by atoms with van der Waals surface area (Å²) in [4.78, 5) is 16.3. The number of aryl methyl sites for hydroxylation is 1. The lowest BCUT2D eigenvalue weighted by molar-refractivity contribution is 0.0697. The zero-order valence-electron chi connectivity index (χ0n) is 18.8. The van der Waals surface area contributed by atoms with Gasteiger partial charge in [0.15, 0.2) is 0 Å². The Kier molecular flexibility index (Phi) is 5.52. The molecule has 2 heterocycles. The minimum Gasteiger partial charge on any atom is -0.497 e. The number of nitrogens with one attached hydrogen (secondary N) is 1. The number of fused-ring (bicyclic) bond motifs is 3. The van der Waals surface area contributed by atoms with Gasteiger partial charge in [-0.05, 0) is 55.0 Å². The molecule has 0 radical (unpaired) electrons. The van der Waals surface area contributed by atoms with Gasteiger partial charge in [0.1, 0.15) is 28.9 Å². The van der Waals surface area contributed by atoms with E-state index in [2.05, 4.69) is 15.4 Å². The maximum Gasteiger partial charge on any atom is 0.335 e. The molecule has 1 aliphatic heterocycles. The Morgan fingerprint density at radius 3 is 2.46 bits per heavy atom. The first-order valence-electron chi connectivity index (χ1n) is 10.7. The fourth-order valence-corrected chi connectivity index (χ4v) is 4.08. The maximum absolute atomic E-state index is 14.7. The first kappa shape index (κ1) is 22.3. The summed E-state index contributed by atoms with van der Waals surface area (Å²) in [6.07, 6.45) is 0. The number of aliphatic imine (C=N–C) groups is 1. The Balaban J connectivity index is 1.73. The number of hydrogen-bond acceptors (Lipinski definition) is 5. The van der Waals surface area contributed by atoms with E-state index >= 15 is 0 Å². The highest BCUT2D eigenvalue weighted by Crippen LogP contribution is 2.41. The van der Waals surface area contributed by atoms with Crippen LogP contribution in [0.5, 0.6) is 5.75 Å². The Hall–Kier alpha value is -4.53. The van der Waals surface area contributed by atoms with Crippen LogP contribution in [-0.2, 0) is 6.54 Å². The van der Waals surface area contributed by atoms with Crippen molar-refractivity contribution in [1.82, 2.24) is 9.78 Å². The van der Waals surface area contributed by atoms with Crippen LogP contribution in [0.25, 0.3) is 11.3 Å². The van der Waals surface area contributed by atoms with E-state index in [0.717, 1.165) is 17.7 Å². The Bertz CT molecular complexity index is 1470. The molecule has 0 fully saturated rings. The van der Waals surface area contributed by atoms with Crippen molar-refractivity contribution in [2.24, 2.45) is 4.99 Å². The lowest BCUT2D eigenvalue weighted by Gasteiger charge is -2.14. The highest BCUT2D eigenvalue weighted by molar-refractivity contribution is 6.14. The molecule has 0 saturated carbocycles. The molecule has 5 rings (SSSR count). The van der Waals surface area contributed by atoms with Crippen LogP contribution in [0.2, 0.25) is 0 Å². The fraction of sp³-hybridized carbons (Fsp3) is 0.115. The van der Waals surface area contributed by atoms with E-state index in [9.17, 15) is 18.7 Å². The van der Waals surface area contributed by atoms with Crippen LogP contribution in [0.3, 0.4) is 0 Å². The number of benzene rings is 3. The molecule has 4 aromatic rings. The molecule has 0 aliphatic carbocycles. The van der Waals surface area contributed by atoms with Crippen LogP contribution < -0.4 is 10.1 Å². The van der Waals surface area contributed by atoms with Gasteiger partial charge in [0, 0.05) is 11.3 Å². The highest BCUT2D eigenvalue weighted by atomic mass is 19.1. The normalized spacial score (nSPS) is 12.2. The van der Waals surface area contributed by atoms with E-state index in [1.165, 1.54) is 18.2 Å². The number of hydrogen-bond donors (Lipinski definition) is 2. The molecule has 0 unspecified atom stereocenters. The molecule has 0 atom stereocenters. The van der Waals surface area contributed by atoms with Gasteiger partial charge in [-0.15, -0.1) is 0 Å². The molecule has 0 spiro atoms. The van der Waals surface area contributed by atoms with Crippen molar-refractivity contribution in [2.45, 2.75) is 13.5 Å². The van der Waals surface area contributed by atoms with E-state index in [1.807, 2.05) is 24.3 Å². The SMILES string of the molecule is COc1ccc(Cn2nc(C)c3c2-c2cc(C(=O)O)ccc2NC(c2c(F)cccc2F)=N3)cc1. The van der Waals surface area contributed by atoms with E-state index in [0.29, 0.717) is 40.6 Å². The monoisotopic (exact) mass is 474 g/mol. The van der Waals surface area contributed by atoms with Crippen molar-refractivity contribution in [2.75, 3.05) is 12.4 Å². The van der Waals surface area contributed by atoms with Crippen molar-refractivity contribution in [1.29, 1.82) is 0 Å². The third-order valence-corrected chi connectivity index (χ3v) is 5.79. The van der Waals surface area contributed by atoms with Crippen molar-refractivity contribution < 1.29 is 23.4 Å². The smallest absolute Gasteiger partial charge is 0.335 e. The first-order valence-corrected chi connectivity index (χ1v) is 10.7. The molecular formula is C26H20F2N4O3. The zero-order chi connectivity index (χ0) is 24.7. The van der Waals surface area contributed by atoms with E-state index in [-0.39, 0.29) is 17.0 Å². The summed E-state index contributed by atoms with van der Waals surface area (Å²) < 4.78 is 36.3. The lowest BCUT2D eigenvalue weighted by Crippen LogP contribution is -2.17. The average Bonchev–Trinajstić information content (AvgIpc) is 3.03. The topological polar surface area (TPSA) is 88.7 Å². The molecule has 1 aliphatic rings. The number of carbonyl (C=O) groups is 1. The van der Waals surface area contributed by atoms with Gasteiger partial charge in [-0.1, -0.05) is 18.2 Å². The second-order valence-corrected chi connectivity index (χ2v) is 8.04. The van der Waals surface area contributed by atoms with Crippen LogP contribution in [0.1, 0.15) is 27.2 Å². The van der Waals surface area contributed by atoms with E-state index in [4.69, 9.17) is 4.74 Å². The van der Waals surface area contributed by atoms with Crippen molar-refractivity contribution >= 4 is 23.2 Å². The number of aromatic carboxylic acids is 1. The summed E-state index contributed by atoms with van der Waals surface area (Å²) >= 11 is 0. The second-order valence-electron chi connectivity index (χ2n) is 8.04. The maximum atomic E-state index is 14.7. The molecule has 176 valence electrons. The summed E-state index contributed by atoms with van der Waals surface area (Å²) in [5.41, 5.74) is 3.09. The van der Waals surface area contributed by atoms with Gasteiger partial charge < -0.3 is 15.2 Å². The summed E-state index contributed by atoms with van der Waals surface area (Å²) in [6, 6.07) is 15.5. The quantitative estimate of drug-likeness (QED) is 0.405. The average molecular weight is 474 g/mol. The van der Waals surface area contributed by atoms with E-state index in [1.54, 1.807) is 24.8 Å². The van der Waals surface area contributed by atoms with Crippen LogP contribution in [0, 0.1) is 18.6 Å². The third kappa shape index (κ3) is 4.01. The standard InChI is InChI=1S/C26H20F2N4O3/c1-14-23-24(32(31-14)13-15-6-9-17(35-2)10-7-15)18-12-16(26(33)34)8-11-21(18)29-25(30-23)22-19(27)4-3-5-20(22)28/h3-12H,13H2,1-2H3,(H,29,30)(H,33,34). The predicted molar refractivity (Wildman–Crippen MR) is 128 cm³/mol. The number of carboxylic acid groups (broad SMARTS) is 1. The van der Waals surface area contributed by atoms with Crippen LogP contribution >= 0.6 is 0 Å². The molecular weight excluding hydrogens is 454 g/mol. The van der Waals surface area contributed by atoms with Crippen LogP contribution in [-0.4, -0.2) is 33.8 Å². The molecule has 1 aromatic heterocycles. The van der Waals surface area contributed by atoms with Gasteiger partial charge in [-0.25, -0.2) is 18.6 Å². The number of halogens is 2. The van der Waals surface area contributed by atoms with Gasteiger partial charge in [0.05, 0.1) is 36.2 Å².